The van der Waals surface area contributed by atoms with E-state index in [0.29, 0.717) is 11.3 Å². The standard InChI is InChI=1S/C21H17N3O7/c22-9-11-4-1-2-6-13(11)17-15-16(21(23-17,20(29)30)8-14(25)26)19(28)24(18(15)27)10-12-5-3-7-31-12/h1-7,15-17,23H,8,10H2,(H,25,26)(H,29,30). The molecule has 2 aliphatic rings. The predicted molar refractivity (Wildman–Crippen MR) is 101 cm³/mol. The molecule has 10 nitrogen and oxygen atoms in total. The number of imide groups is 1. The first-order chi connectivity index (χ1) is 14.8. The molecule has 3 N–H and O–H groups in total. The van der Waals surface area contributed by atoms with E-state index in [0.717, 1.165) is 4.90 Å². The van der Waals surface area contributed by atoms with Crippen LogP contribution in [0.1, 0.15) is 29.3 Å². The van der Waals surface area contributed by atoms with E-state index in [-0.39, 0.29) is 12.1 Å². The molecule has 0 bridgehead atoms. The van der Waals surface area contributed by atoms with Crippen LogP contribution in [0.15, 0.2) is 47.1 Å². The summed E-state index contributed by atoms with van der Waals surface area (Å²) in [6, 6.07) is 10.4. The summed E-state index contributed by atoms with van der Waals surface area (Å²) in [6.07, 6.45) is 0.461. The first kappa shape index (κ1) is 20.3. The van der Waals surface area contributed by atoms with Gasteiger partial charge in [0.15, 0.2) is 0 Å². The van der Waals surface area contributed by atoms with E-state index in [9.17, 15) is 34.7 Å². The lowest BCUT2D eigenvalue weighted by molar-refractivity contribution is -0.156. The summed E-state index contributed by atoms with van der Waals surface area (Å²) < 4.78 is 5.21. The highest BCUT2D eigenvalue weighted by molar-refractivity contribution is 6.10. The lowest BCUT2D eigenvalue weighted by Crippen LogP contribution is -2.56. The molecule has 1 aromatic heterocycles. The Labute approximate surface area is 175 Å². The number of nitriles is 1. The van der Waals surface area contributed by atoms with Gasteiger partial charge in [0.25, 0.3) is 0 Å². The molecule has 2 amide bonds. The Balaban J connectivity index is 1.85. The minimum atomic E-state index is -2.21. The molecule has 2 aromatic rings. The van der Waals surface area contributed by atoms with Gasteiger partial charge in [-0.1, -0.05) is 18.2 Å². The summed E-state index contributed by atoms with van der Waals surface area (Å²) in [7, 11) is 0. The van der Waals surface area contributed by atoms with Crippen LogP contribution in [0.25, 0.3) is 0 Å². The maximum absolute atomic E-state index is 13.3. The highest BCUT2D eigenvalue weighted by Crippen LogP contribution is 2.50. The van der Waals surface area contributed by atoms with Gasteiger partial charge >= 0.3 is 11.9 Å². The largest absolute Gasteiger partial charge is 0.481 e. The molecule has 4 rings (SSSR count). The Bertz CT molecular complexity index is 1120. The van der Waals surface area contributed by atoms with E-state index in [4.69, 9.17) is 4.42 Å². The molecule has 4 unspecified atom stereocenters. The van der Waals surface area contributed by atoms with Crippen molar-refractivity contribution in [3.63, 3.8) is 0 Å². The minimum absolute atomic E-state index is 0.194. The van der Waals surface area contributed by atoms with Crippen molar-refractivity contribution in [2.45, 2.75) is 24.5 Å². The van der Waals surface area contributed by atoms with Crippen LogP contribution >= 0.6 is 0 Å². The van der Waals surface area contributed by atoms with Gasteiger partial charge in [-0.05, 0) is 23.8 Å². The van der Waals surface area contributed by atoms with Crippen LogP contribution in [0.3, 0.4) is 0 Å². The number of rotatable bonds is 6. The van der Waals surface area contributed by atoms with Gasteiger partial charge in [-0.25, -0.2) is 0 Å². The molecule has 158 valence electrons. The normalized spacial score (nSPS) is 27.2. The molecule has 0 saturated carbocycles. The van der Waals surface area contributed by atoms with Crippen LogP contribution in [0, 0.1) is 23.2 Å². The van der Waals surface area contributed by atoms with E-state index in [1.54, 1.807) is 30.3 Å². The average Bonchev–Trinajstić information content (AvgIpc) is 3.42. The lowest BCUT2D eigenvalue weighted by Gasteiger charge is -2.29. The van der Waals surface area contributed by atoms with Crippen LogP contribution < -0.4 is 5.32 Å². The quantitative estimate of drug-likeness (QED) is 0.573. The number of amides is 2. The van der Waals surface area contributed by atoms with Crippen molar-refractivity contribution in [3.05, 3.63) is 59.5 Å². The van der Waals surface area contributed by atoms with Crippen LogP contribution in [0.5, 0.6) is 0 Å². The summed E-state index contributed by atoms with van der Waals surface area (Å²) in [5, 5.41) is 31.6. The number of likely N-dealkylation sites (tertiary alicyclic amines) is 1. The van der Waals surface area contributed by atoms with Crippen LogP contribution in [-0.4, -0.2) is 44.4 Å². The van der Waals surface area contributed by atoms with Crippen molar-refractivity contribution >= 4 is 23.8 Å². The summed E-state index contributed by atoms with van der Waals surface area (Å²) in [6.45, 7) is -0.201. The van der Waals surface area contributed by atoms with Gasteiger partial charge in [-0.2, -0.15) is 5.26 Å². The Morgan fingerprint density at radius 1 is 1.16 bits per heavy atom. The van der Waals surface area contributed by atoms with Crippen LogP contribution in [0.2, 0.25) is 0 Å². The monoisotopic (exact) mass is 423 g/mol. The fourth-order valence-electron chi connectivity index (χ4n) is 4.59. The molecule has 0 spiro atoms. The van der Waals surface area contributed by atoms with Gasteiger partial charge in [0, 0.05) is 6.04 Å². The van der Waals surface area contributed by atoms with Crippen molar-refractivity contribution in [1.82, 2.24) is 10.2 Å². The molecule has 3 heterocycles. The summed E-state index contributed by atoms with van der Waals surface area (Å²) in [4.78, 5) is 51.3. The van der Waals surface area contributed by atoms with Gasteiger partial charge in [0.1, 0.15) is 11.3 Å². The fourth-order valence-corrected chi connectivity index (χ4v) is 4.59. The number of benzene rings is 1. The third-order valence-corrected chi connectivity index (χ3v) is 5.87. The van der Waals surface area contributed by atoms with E-state index in [2.05, 4.69) is 5.32 Å². The van der Waals surface area contributed by atoms with E-state index < -0.39 is 53.6 Å². The third kappa shape index (κ3) is 3.06. The molecular weight excluding hydrogens is 406 g/mol. The zero-order chi connectivity index (χ0) is 22.3. The number of hydrogen-bond donors (Lipinski definition) is 3. The SMILES string of the molecule is N#Cc1ccccc1C1NC(CC(=O)O)(C(=O)O)C2C(=O)N(Cc3ccco3)C(=O)C12. The number of hydrogen-bond acceptors (Lipinski definition) is 7. The van der Waals surface area contributed by atoms with Gasteiger partial charge in [-0.15, -0.1) is 0 Å². The second-order valence-corrected chi connectivity index (χ2v) is 7.51. The topological polar surface area (TPSA) is 161 Å². The van der Waals surface area contributed by atoms with Crippen molar-refractivity contribution in [2.75, 3.05) is 0 Å². The van der Waals surface area contributed by atoms with Crippen molar-refractivity contribution in [2.24, 2.45) is 11.8 Å². The lowest BCUT2D eigenvalue weighted by atomic mass is 9.77. The summed E-state index contributed by atoms with van der Waals surface area (Å²) in [5.41, 5.74) is -1.69. The number of carboxylic acids is 2. The van der Waals surface area contributed by atoms with Gasteiger partial charge in [-0.3, -0.25) is 29.4 Å². The maximum atomic E-state index is 13.3. The van der Waals surface area contributed by atoms with Gasteiger partial charge < -0.3 is 14.6 Å². The molecule has 10 heteroatoms. The molecule has 0 aliphatic carbocycles. The zero-order valence-corrected chi connectivity index (χ0v) is 16.0. The van der Waals surface area contributed by atoms with E-state index in [1.807, 2.05) is 6.07 Å². The van der Waals surface area contributed by atoms with Gasteiger partial charge in [0.2, 0.25) is 11.8 Å². The molecule has 2 saturated heterocycles. The number of carbonyl (C=O) groups is 4. The van der Waals surface area contributed by atoms with Crippen molar-refractivity contribution < 1.29 is 33.8 Å². The smallest absolute Gasteiger partial charge is 0.325 e. The first-order valence-corrected chi connectivity index (χ1v) is 9.39. The molecule has 1 aromatic carbocycles. The Hall–Kier alpha value is -3.97. The molecule has 31 heavy (non-hydrogen) atoms. The molecular formula is C21H17N3O7. The van der Waals surface area contributed by atoms with Gasteiger partial charge in [0.05, 0.1) is 42.7 Å². The zero-order valence-electron chi connectivity index (χ0n) is 16.0. The highest BCUT2D eigenvalue weighted by Gasteiger charge is 2.69. The number of nitrogens with zero attached hydrogens (tertiary/aromatic N) is 2. The number of carbonyl (C=O) groups excluding carboxylic acids is 2. The summed E-state index contributed by atoms with van der Waals surface area (Å²) in [5.74, 6) is -6.75. The molecule has 0 radical (unpaired) electrons. The van der Waals surface area contributed by atoms with E-state index in [1.165, 1.54) is 12.3 Å². The Morgan fingerprint density at radius 3 is 2.52 bits per heavy atom. The van der Waals surface area contributed by atoms with Crippen molar-refractivity contribution in [3.8, 4) is 6.07 Å². The highest BCUT2D eigenvalue weighted by atomic mass is 16.4. The van der Waals surface area contributed by atoms with Crippen LogP contribution in [-0.2, 0) is 25.7 Å². The second kappa shape index (κ2) is 7.37. The number of nitrogens with one attached hydrogen (secondary N) is 1. The Morgan fingerprint density at radius 2 is 1.90 bits per heavy atom. The molecule has 2 fully saturated rings. The number of fused-ring (bicyclic) bond motifs is 1. The second-order valence-electron chi connectivity index (χ2n) is 7.51. The fraction of sp³-hybridized carbons (Fsp3) is 0.286. The number of aliphatic carboxylic acids is 2. The Kier molecular flexibility index (Phi) is 4.83. The minimum Gasteiger partial charge on any atom is -0.481 e. The molecule has 2 aliphatic heterocycles. The summed E-state index contributed by atoms with van der Waals surface area (Å²) >= 11 is 0. The number of furan rings is 1. The van der Waals surface area contributed by atoms with Crippen molar-refractivity contribution in [1.29, 1.82) is 5.26 Å². The van der Waals surface area contributed by atoms with Crippen LogP contribution in [0.4, 0.5) is 0 Å². The first-order valence-electron chi connectivity index (χ1n) is 9.39. The predicted octanol–water partition coefficient (Wildman–Crippen LogP) is 0.895. The average molecular weight is 423 g/mol. The molecule has 4 atom stereocenters. The van der Waals surface area contributed by atoms with E-state index >= 15 is 0 Å². The third-order valence-electron chi connectivity index (χ3n) is 5.87. The number of carboxylic acid groups (broad SMARTS) is 2. The maximum Gasteiger partial charge on any atom is 0.325 e.